The Balaban J connectivity index is 2.28. The Morgan fingerprint density at radius 2 is 1.92 bits per heavy atom. The standard InChI is InChI=1S/C17H18N4O2S/c1-4-21(5-2)16(22)12-10-24-15-13(12)17(23)20(3)19-14(15)11-6-8-18-9-7-11/h6-10H,4-5H2,1-3H3. The minimum absolute atomic E-state index is 0.116. The van der Waals surface area contributed by atoms with Gasteiger partial charge in [-0.3, -0.25) is 14.6 Å². The largest absolute Gasteiger partial charge is 0.339 e. The molecule has 0 saturated heterocycles. The van der Waals surface area contributed by atoms with Crippen LogP contribution in [0.1, 0.15) is 24.2 Å². The number of rotatable bonds is 4. The van der Waals surface area contributed by atoms with E-state index in [1.165, 1.54) is 16.0 Å². The Kier molecular flexibility index (Phi) is 4.44. The van der Waals surface area contributed by atoms with Crippen molar-refractivity contribution in [2.24, 2.45) is 7.05 Å². The third-order valence-electron chi connectivity index (χ3n) is 4.00. The van der Waals surface area contributed by atoms with Crippen LogP contribution in [0.15, 0.2) is 34.7 Å². The van der Waals surface area contributed by atoms with Crippen LogP contribution in [0, 0.1) is 0 Å². The lowest BCUT2D eigenvalue weighted by atomic mass is 10.1. The number of hydrogen-bond acceptors (Lipinski definition) is 5. The molecule has 3 aromatic rings. The molecule has 0 unspecified atom stereocenters. The first-order valence-electron chi connectivity index (χ1n) is 7.76. The number of aryl methyl sites for hydroxylation is 1. The molecule has 0 radical (unpaired) electrons. The van der Waals surface area contributed by atoms with E-state index in [-0.39, 0.29) is 11.5 Å². The van der Waals surface area contributed by atoms with Gasteiger partial charge in [0.05, 0.1) is 15.6 Å². The molecule has 0 aliphatic rings. The number of fused-ring (bicyclic) bond motifs is 1. The summed E-state index contributed by atoms with van der Waals surface area (Å²) >= 11 is 1.38. The highest BCUT2D eigenvalue weighted by Gasteiger charge is 2.22. The summed E-state index contributed by atoms with van der Waals surface area (Å²) in [7, 11) is 1.61. The lowest BCUT2D eigenvalue weighted by Gasteiger charge is -2.18. The molecular weight excluding hydrogens is 324 g/mol. The fourth-order valence-corrected chi connectivity index (χ4v) is 3.72. The second-order valence-electron chi connectivity index (χ2n) is 5.34. The van der Waals surface area contributed by atoms with Gasteiger partial charge in [-0.25, -0.2) is 4.68 Å². The van der Waals surface area contributed by atoms with Gasteiger partial charge in [0.25, 0.3) is 11.5 Å². The topological polar surface area (TPSA) is 68.1 Å². The molecule has 3 heterocycles. The molecule has 3 rings (SSSR count). The van der Waals surface area contributed by atoms with E-state index in [9.17, 15) is 9.59 Å². The van der Waals surface area contributed by atoms with Gasteiger partial charge in [0, 0.05) is 43.5 Å². The number of amides is 1. The monoisotopic (exact) mass is 342 g/mol. The van der Waals surface area contributed by atoms with Crippen LogP contribution in [-0.4, -0.2) is 38.7 Å². The lowest BCUT2D eigenvalue weighted by Crippen LogP contribution is -2.31. The van der Waals surface area contributed by atoms with Gasteiger partial charge in [-0.15, -0.1) is 11.3 Å². The van der Waals surface area contributed by atoms with Crippen molar-refractivity contribution in [1.29, 1.82) is 0 Å². The zero-order chi connectivity index (χ0) is 17.3. The fraction of sp³-hybridized carbons (Fsp3) is 0.294. The summed E-state index contributed by atoms with van der Waals surface area (Å²) in [5.41, 5.74) is 1.77. The van der Waals surface area contributed by atoms with Crippen LogP contribution >= 0.6 is 11.3 Å². The normalized spacial score (nSPS) is 11.0. The molecule has 0 aliphatic carbocycles. The number of aromatic nitrogens is 3. The third-order valence-corrected chi connectivity index (χ3v) is 4.99. The van der Waals surface area contributed by atoms with E-state index in [1.54, 1.807) is 29.7 Å². The van der Waals surface area contributed by atoms with Crippen LogP contribution in [0.4, 0.5) is 0 Å². The maximum absolute atomic E-state index is 12.7. The van der Waals surface area contributed by atoms with Crippen molar-refractivity contribution in [3.8, 4) is 11.3 Å². The Labute approximate surface area is 143 Å². The molecule has 24 heavy (non-hydrogen) atoms. The average molecular weight is 342 g/mol. The van der Waals surface area contributed by atoms with E-state index in [2.05, 4.69) is 10.1 Å². The van der Waals surface area contributed by atoms with Gasteiger partial charge < -0.3 is 4.90 Å². The van der Waals surface area contributed by atoms with Crippen molar-refractivity contribution in [2.75, 3.05) is 13.1 Å². The van der Waals surface area contributed by atoms with Gasteiger partial charge in [-0.1, -0.05) is 0 Å². The second kappa shape index (κ2) is 6.52. The van der Waals surface area contributed by atoms with Crippen molar-refractivity contribution in [2.45, 2.75) is 13.8 Å². The molecule has 0 atom stereocenters. The number of carbonyl (C=O) groups is 1. The highest BCUT2D eigenvalue weighted by atomic mass is 32.1. The van der Waals surface area contributed by atoms with Gasteiger partial charge >= 0.3 is 0 Å². The number of thiophene rings is 1. The first kappa shape index (κ1) is 16.3. The molecule has 0 N–H and O–H groups in total. The predicted octanol–water partition coefficient (Wildman–Crippen LogP) is 2.54. The van der Waals surface area contributed by atoms with Gasteiger partial charge in [-0.05, 0) is 26.0 Å². The zero-order valence-corrected chi connectivity index (χ0v) is 14.6. The zero-order valence-electron chi connectivity index (χ0n) is 13.8. The van der Waals surface area contributed by atoms with E-state index in [4.69, 9.17) is 0 Å². The van der Waals surface area contributed by atoms with Gasteiger partial charge in [0.1, 0.15) is 5.69 Å². The highest BCUT2D eigenvalue weighted by molar-refractivity contribution is 7.18. The predicted molar refractivity (Wildman–Crippen MR) is 95.3 cm³/mol. The molecule has 0 saturated carbocycles. The number of hydrogen-bond donors (Lipinski definition) is 0. The van der Waals surface area contributed by atoms with E-state index in [0.717, 1.165) is 10.3 Å². The summed E-state index contributed by atoms with van der Waals surface area (Å²) in [6.07, 6.45) is 3.37. The summed E-state index contributed by atoms with van der Waals surface area (Å²) in [4.78, 5) is 31.1. The lowest BCUT2D eigenvalue weighted by molar-refractivity contribution is 0.0775. The van der Waals surface area contributed by atoms with Crippen LogP contribution in [0.25, 0.3) is 21.3 Å². The fourth-order valence-electron chi connectivity index (χ4n) is 2.68. The summed E-state index contributed by atoms with van der Waals surface area (Å²) in [5, 5.41) is 6.60. The molecular formula is C17H18N4O2S. The first-order valence-corrected chi connectivity index (χ1v) is 8.64. The smallest absolute Gasteiger partial charge is 0.276 e. The van der Waals surface area contributed by atoms with Gasteiger partial charge in [0.2, 0.25) is 0 Å². The second-order valence-corrected chi connectivity index (χ2v) is 6.22. The minimum atomic E-state index is -0.250. The summed E-state index contributed by atoms with van der Waals surface area (Å²) in [6.45, 7) is 5.07. The molecule has 3 aromatic heterocycles. The minimum Gasteiger partial charge on any atom is -0.339 e. The van der Waals surface area contributed by atoms with Crippen LogP contribution in [0.2, 0.25) is 0 Å². The van der Waals surface area contributed by atoms with Crippen LogP contribution in [0.5, 0.6) is 0 Å². The highest BCUT2D eigenvalue weighted by Crippen LogP contribution is 2.31. The Hall–Kier alpha value is -2.54. The van der Waals surface area contributed by atoms with Crippen LogP contribution in [-0.2, 0) is 7.05 Å². The van der Waals surface area contributed by atoms with E-state index >= 15 is 0 Å². The molecule has 0 fully saturated rings. The number of carbonyl (C=O) groups excluding carboxylic acids is 1. The molecule has 1 amide bonds. The summed E-state index contributed by atoms with van der Waals surface area (Å²) < 4.78 is 2.03. The van der Waals surface area contributed by atoms with E-state index in [1.807, 2.05) is 26.0 Å². The quantitative estimate of drug-likeness (QED) is 0.731. The van der Waals surface area contributed by atoms with Crippen molar-refractivity contribution in [3.63, 3.8) is 0 Å². The molecule has 124 valence electrons. The van der Waals surface area contributed by atoms with Crippen molar-refractivity contribution in [3.05, 3.63) is 45.8 Å². The van der Waals surface area contributed by atoms with E-state index < -0.39 is 0 Å². The summed E-state index contributed by atoms with van der Waals surface area (Å²) in [5.74, 6) is -0.116. The molecule has 0 aliphatic heterocycles. The molecule has 6 nitrogen and oxygen atoms in total. The molecule has 7 heteroatoms. The third kappa shape index (κ3) is 2.60. The maximum atomic E-state index is 12.7. The molecule has 0 spiro atoms. The van der Waals surface area contributed by atoms with Gasteiger partial charge in [0.15, 0.2) is 0 Å². The number of pyridine rings is 1. The first-order chi connectivity index (χ1) is 11.6. The Morgan fingerprint density at radius 3 is 2.54 bits per heavy atom. The van der Waals surface area contributed by atoms with Gasteiger partial charge in [-0.2, -0.15) is 5.10 Å². The van der Waals surface area contributed by atoms with Crippen LogP contribution in [0.3, 0.4) is 0 Å². The molecule has 0 bridgehead atoms. The number of nitrogens with zero attached hydrogens (tertiary/aromatic N) is 4. The SMILES string of the molecule is CCN(CC)C(=O)c1csc2c(-c3ccncc3)nn(C)c(=O)c12. The maximum Gasteiger partial charge on any atom is 0.276 e. The van der Waals surface area contributed by atoms with Crippen molar-refractivity contribution >= 4 is 27.3 Å². The summed E-state index contributed by atoms with van der Waals surface area (Å²) in [6, 6.07) is 3.69. The average Bonchev–Trinajstić information content (AvgIpc) is 3.05. The van der Waals surface area contributed by atoms with Crippen molar-refractivity contribution in [1.82, 2.24) is 19.7 Å². The van der Waals surface area contributed by atoms with Crippen LogP contribution < -0.4 is 5.56 Å². The van der Waals surface area contributed by atoms with E-state index in [0.29, 0.717) is 29.7 Å². The Morgan fingerprint density at radius 1 is 1.25 bits per heavy atom. The Bertz CT molecular complexity index is 942. The van der Waals surface area contributed by atoms with Crippen molar-refractivity contribution < 1.29 is 4.79 Å². The molecule has 0 aromatic carbocycles.